The zero-order valence-electron chi connectivity index (χ0n) is 8.80. The van der Waals surface area contributed by atoms with Crippen molar-refractivity contribution in [3.63, 3.8) is 0 Å². The first-order chi connectivity index (χ1) is 6.40. The maximum Gasteiger partial charge on any atom is 0.239 e. The van der Waals surface area contributed by atoms with E-state index < -0.39 is 11.4 Å². The maximum atomic E-state index is 11.4. The molecule has 5 heteroatoms. The highest BCUT2D eigenvalue weighted by Crippen LogP contribution is 2.07. The Balaban J connectivity index is 3.88. The van der Waals surface area contributed by atoms with Gasteiger partial charge in [-0.15, -0.1) is 0 Å². The third-order valence-electron chi connectivity index (χ3n) is 1.95. The Hall–Kier alpha value is -1.10. The van der Waals surface area contributed by atoms with Gasteiger partial charge in [-0.2, -0.15) is 0 Å². The normalized spacial score (nSPS) is 14.5. The number of hydrogen-bond acceptors (Lipinski definition) is 3. The summed E-state index contributed by atoms with van der Waals surface area (Å²) in [5.74, 6) is -0.667. The summed E-state index contributed by atoms with van der Waals surface area (Å²) in [7, 11) is 0. The van der Waals surface area contributed by atoms with Crippen LogP contribution in [-0.4, -0.2) is 23.9 Å². The Morgan fingerprint density at radius 1 is 1.43 bits per heavy atom. The molecule has 0 saturated heterocycles. The fourth-order valence-electron chi connectivity index (χ4n) is 1.13. The maximum absolute atomic E-state index is 11.4. The topological polar surface area (TPSA) is 98.2 Å². The standard InChI is InChI=1S/C9H19N3O2/c1-3-5-9(2,11)8(14)12-6-4-7(10)13/h3-6,11H2,1-2H3,(H2,10,13)(H,12,14). The van der Waals surface area contributed by atoms with Crippen LogP contribution in [0, 0.1) is 0 Å². The minimum absolute atomic E-state index is 0.147. The number of primary amides is 1. The molecular formula is C9H19N3O2. The summed E-state index contributed by atoms with van der Waals surface area (Å²) < 4.78 is 0. The Kier molecular flexibility index (Phi) is 5.15. The van der Waals surface area contributed by atoms with E-state index in [1.165, 1.54) is 0 Å². The van der Waals surface area contributed by atoms with Gasteiger partial charge in [-0.25, -0.2) is 0 Å². The summed E-state index contributed by atoms with van der Waals surface area (Å²) in [6, 6.07) is 0. The summed E-state index contributed by atoms with van der Waals surface area (Å²) in [4.78, 5) is 21.8. The highest BCUT2D eigenvalue weighted by Gasteiger charge is 2.26. The predicted octanol–water partition coefficient (Wildman–Crippen LogP) is -0.504. The summed E-state index contributed by atoms with van der Waals surface area (Å²) >= 11 is 0. The summed E-state index contributed by atoms with van der Waals surface area (Å²) in [5, 5.41) is 2.57. The Bertz CT molecular complexity index is 214. The highest BCUT2D eigenvalue weighted by molar-refractivity contribution is 5.86. The third-order valence-corrected chi connectivity index (χ3v) is 1.95. The molecule has 0 bridgehead atoms. The number of hydrogen-bond donors (Lipinski definition) is 3. The van der Waals surface area contributed by atoms with Gasteiger partial charge in [0.15, 0.2) is 0 Å². The molecular weight excluding hydrogens is 182 g/mol. The van der Waals surface area contributed by atoms with Crippen molar-refractivity contribution in [1.29, 1.82) is 0 Å². The molecule has 0 saturated carbocycles. The molecule has 0 aromatic carbocycles. The van der Waals surface area contributed by atoms with E-state index in [1.54, 1.807) is 6.92 Å². The van der Waals surface area contributed by atoms with E-state index in [1.807, 2.05) is 6.92 Å². The lowest BCUT2D eigenvalue weighted by Crippen LogP contribution is -2.51. The van der Waals surface area contributed by atoms with Crippen molar-refractivity contribution in [3.05, 3.63) is 0 Å². The van der Waals surface area contributed by atoms with Gasteiger partial charge in [0.05, 0.1) is 5.54 Å². The molecule has 5 N–H and O–H groups in total. The predicted molar refractivity (Wildman–Crippen MR) is 54.3 cm³/mol. The van der Waals surface area contributed by atoms with Gasteiger partial charge in [0, 0.05) is 13.0 Å². The van der Waals surface area contributed by atoms with Crippen LogP contribution in [0.5, 0.6) is 0 Å². The van der Waals surface area contributed by atoms with Crippen LogP contribution in [0.2, 0.25) is 0 Å². The molecule has 5 nitrogen and oxygen atoms in total. The first kappa shape index (κ1) is 12.9. The van der Waals surface area contributed by atoms with Gasteiger partial charge in [-0.05, 0) is 13.3 Å². The zero-order chi connectivity index (χ0) is 11.2. The second kappa shape index (κ2) is 5.59. The Labute approximate surface area is 84.2 Å². The van der Waals surface area contributed by atoms with Crippen molar-refractivity contribution >= 4 is 11.8 Å². The smallest absolute Gasteiger partial charge is 0.239 e. The van der Waals surface area contributed by atoms with Crippen LogP contribution in [0.25, 0.3) is 0 Å². The average Bonchev–Trinajstić information content (AvgIpc) is 2.03. The largest absolute Gasteiger partial charge is 0.370 e. The first-order valence-electron chi connectivity index (χ1n) is 4.75. The molecule has 0 aliphatic rings. The summed E-state index contributed by atoms with van der Waals surface area (Å²) in [6.45, 7) is 3.89. The monoisotopic (exact) mass is 201 g/mol. The first-order valence-corrected chi connectivity index (χ1v) is 4.75. The molecule has 0 aliphatic heterocycles. The minimum atomic E-state index is -0.855. The molecule has 0 rings (SSSR count). The third kappa shape index (κ3) is 4.81. The number of nitrogens with two attached hydrogens (primary N) is 2. The zero-order valence-corrected chi connectivity index (χ0v) is 8.80. The number of carbonyl (C=O) groups is 2. The fourth-order valence-corrected chi connectivity index (χ4v) is 1.13. The van der Waals surface area contributed by atoms with Crippen LogP contribution in [0.3, 0.4) is 0 Å². The SMILES string of the molecule is CCCC(C)(N)C(=O)NCCC(N)=O. The average molecular weight is 201 g/mol. The van der Waals surface area contributed by atoms with Gasteiger partial charge in [0.25, 0.3) is 0 Å². The van der Waals surface area contributed by atoms with Crippen LogP contribution in [-0.2, 0) is 9.59 Å². The molecule has 0 radical (unpaired) electrons. The van der Waals surface area contributed by atoms with Gasteiger partial charge in [0.1, 0.15) is 0 Å². The van der Waals surface area contributed by atoms with Crippen molar-refractivity contribution in [2.75, 3.05) is 6.54 Å². The minimum Gasteiger partial charge on any atom is -0.370 e. The van der Waals surface area contributed by atoms with Gasteiger partial charge >= 0.3 is 0 Å². The molecule has 0 aromatic heterocycles. The molecule has 0 aromatic rings. The molecule has 1 unspecified atom stereocenters. The molecule has 2 amide bonds. The van der Waals surface area contributed by atoms with Crippen molar-refractivity contribution in [2.45, 2.75) is 38.6 Å². The van der Waals surface area contributed by atoms with Crippen molar-refractivity contribution in [1.82, 2.24) is 5.32 Å². The van der Waals surface area contributed by atoms with Crippen LogP contribution < -0.4 is 16.8 Å². The van der Waals surface area contributed by atoms with E-state index in [0.717, 1.165) is 6.42 Å². The number of rotatable bonds is 6. The number of nitrogens with one attached hydrogen (secondary N) is 1. The van der Waals surface area contributed by atoms with Crippen molar-refractivity contribution in [3.8, 4) is 0 Å². The Morgan fingerprint density at radius 3 is 2.43 bits per heavy atom. The van der Waals surface area contributed by atoms with Crippen LogP contribution in [0.1, 0.15) is 33.1 Å². The lowest BCUT2D eigenvalue weighted by atomic mass is 9.96. The summed E-state index contributed by atoms with van der Waals surface area (Å²) in [5.41, 5.74) is 9.83. The lowest BCUT2D eigenvalue weighted by Gasteiger charge is -2.22. The van der Waals surface area contributed by atoms with Gasteiger partial charge in [-0.3, -0.25) is 9.59 Å². The van der Waals surface area contributed by atoms with Crippen molar-refractivity contribution < 1.29 is 9.59 Å². The molecule has 1 atom stereocenters. The second-order valence-electron chi connectivity index (χ2n) is 3.64. The molecule has 0 aliphatic carbocycles. The van der Waals surface area contributed by atoms with Gasteiger partial charge in [-0.1, -0.05) is 13.3 Å². The van der Waals surface area contributed by atoms with E-state index >= 15 is 0 Å². The fraction of sp³-hybridized carbons (Fsp3) is 0.778. The Morgan fingerprint density at radius 2 is 2.00 bits per heavy atom. The van der Waals surface area contributed by atoms with E-state index in [9.17, 15) is 9.59 Å². The highest BCUT2D eigenvalue weighted by atomic mass is 16.2. The molecule has 82 valence electrons. The molecule has 0 spiro atoms. The second-order valence-corrected chi connectivity index (χ2v) is 3.64. The van der Waals surface area contributed by atoms with Crippen LogP contribution >= 0.6 is 0 Å². The quantitative estimate of drug-likeness (QED) is 0.540. The molecule has 14 heavy (non-hydrogen) atoms. The van der Waals surface area contributed by atoms with Gasteiger partial charge < -0.3 is 16.8 Å². The number of amides is 2. The van der Waals surface area contributed by atoms with Gasteiger partial charge in [0.2, 0.25) is 11.8 Å². The number of carbonyl (C=O) groups excluding carboxylic acids is 2. The van der Waals surface area contributed by atoms with Crippen LogP contribution in [0.15, 0.2) is 0 Å². The van der Waals surface area contributed by atoms with E-state index in [4.69, 9.17) is 11.5 Å². The molecule has 0 heterocycles. The van der Waals surface area contributed by atoms with Crippen LogP contribution in [0.4, 0.5) is 0 Å². The van der Waals surface area contributed by atoms with E-state index in [2.05, 4.69) is 5.32 Å². The van der Waals surface area contributed by atoms with Crippen molar-refractivity contribution in [2.24, 2.45) is 11.5 Å². The summed E-state index contributed by atoms with van der Waals surface area (Å²) in [6.07, 6.45) is 1.61. The van der Waals surface area contributed by atoms with E-state index in [-0.39, 0.29) is 18.9 Å². The molecule has 0 fully saturated rings. The lowest BCUT2D eigenvalue weighted by molar-refractivity contribution is -0.126. The van der Waals surface area contributed by atoms with E-state index in [0.29, 0.717) is 6.42 Å².